The van der Waals surface area contributed by atoms with E-state index in [9.17, 15) is 18.3 Å². The zero-order valence-electron chi connectivity index (χ0n) is 8.80. The maximum Gasteiger partial charge on any atom is 0.401 e. The number of hydrogen-bond acceptors (Lipinski definition) is 2. The number of likely N-dealkylation sites (N-methyl/N-ethyl adjacent to an activating group) is 1. The average Bonchev–Trinajstić information content (AvgIpc) is 1.99. The van der Waals surface area contributed by atoms with Gasteiger partial charge in [-0.3, -0.25) is 4.90 Å². The summed E-state index contributed by atoms with van der Waals surface area (Å²) in [6, 6.07) is 0. The highest BCUT2D eigenvalue weighted by Crippen LogP contribution is 2.16. The first-order chi connectivity index (χ1) is 6.26. The minimum atomic E-state index is -4.19. The summed E-state index contributed by atoms with van der Waals surface area (Å²) < 4.78 is 35.7. The molecule has 1 N–H and O–H groups in total. The fraction of sp³-hybridized carbons (Fsp3) is 1.00. The van der Waals surface area contributed by atoms with Gasteiger partial charge in [-0.2, -0.15) is 13.2 Å². The fourth-order valence-corrected chi connectivity index (χ4v) is 1.14. The molecule has 0 rings (SSSR count). The topological polar surface area (TPSA) is 23.5 Å². The van der Waals surface area contributed by atoms with Crippen LogP contribution in [-0.2, 0) is 0 Å². The molecule has 0 amide bonds. The number of nitrogens with zero attached hydrogens (tertiary/aromatic N) is 1. The molecule has 2 nitrogen and oxygen atoms in total. The third-order valence-electron chi connectivity index (χ3n) is 2.25. The van der Waals surface area contributed by atoms with Crippen molar-refractivity contribution < 1.29 is 18.3 Å². The molecule has 0 fully saturated rings. The average molecular weight is 213 g/mol. The second-order valence-electron chi connectivity index (χ2n) is 3.76. The Morgan fingerprint density at radius 1 is 1.36 bits per heavy atom. The summed E-state index contributed by atoms with van der Waals surface area (Å²) >= 11 is 0. The molecule has 0 saturated carbocycles. The van der Waals surface area contributed by atoms with Gasteiger partial charge in [0.05, 0.1) is 12.6 Å². The van der Waals surface area contributed by atoms with Crippen molar-refractivity contribution in [2.24, 2.45) is 5.92 Å². The summed E-state index contributed by atoms with van der Waals surface area (Å²) in [7, 11) is 1.36. The predicted octanol–water partition coefficient (Wildman–Crippen LogP) is 1.89. The molecule has 0 aromatic carbocycles. The van der Waals surface area contributed by atoms with Crippen LogP contribution in [0, 0.1) is 5.92 Å². The minimum absolute atomic E-state index is 0.0330. The van der Waals surface area contributed by atoms with Gasteiger partial charge in [-0.15, -0.1) is 0 Å². The molecule has 0 spiro atoms. The van der Waals surface area contributed by atoms with E-state index in [1.807, 2.05) is 13.8 Å². The summed E-state index contributed by atoms with van der Waals surface area (Å²) in [5.41, 5.74) is 0. The van der Waals surface area contributed by atoms with Crippen molar-refractivity contribution in [2.75, 3.05) is 20.1 Å². The molecule has 2 unspecified atom stereocenters. The number of aliphatic hydroxyl groups is 1. The number of alkyl halides is 3. The normalized spacial score (nSPS) is 17.1. The molecule has 0 aromatic rings. The van der Waals surface area contributed by atoms with E-state index in [0.29, 0.717) is 0 Å². The third kappa shape index (κ3) is 6.21. The van der Waals surface area contributed by atoms with E-state index < -0.39 is 18.8 Å². The summed E-state index contributed by atoms with van der Waals surface area (Å²) in [6.07, 6.45) is -4.11. The third-order valence-corrected chi connectivity index (χ3v) is 2.25. The van der Waals surface area contributed by atoms with Crippen LogP contribution < -0.4 is 0 Å². The SMILES string of the molecule is CCC(C)C(O)CN(C)CC(F)(F)F. The van der Waals surface area contributed by atoms with Crippen molar-refractivity contribution in [2.45, 2.75) is 32.5 Å². The molecule has 0 heterocycles. The maximum atomic E-state index is 11.9. The lowest BCUT2D eigenvalue weighted by atomic mass is 10.0. The van der Waals surface area contributed by atoms with Gasteiger partial charge in [0.1, 0.15) is 0 Å². The number of aliphatic hydroxyl groups excluding tert-OH is 1. The Balaban J connectivity index is 3.88. The van der Waals surface area contributed by atoms with Crippen LogP contribution in [0.25, 0.3) is 0 Å². The van der Waals surface area contributed by atoms with E-state index >= 15 is 0 Å². The van der Waals surface area contributed by atoms with Crippen LogP contribution in [-0.4, -0.2) is 42.4 Å². The van der Waals surface area contributed by atoms with Gasteiger partial charge in [-0.1, -0.05) is 20.3 Å². The highest BCUT2D eigenvalue weighted by Gasteiger charge is 2.30. The van der Waals surface area contributed by atoms with Crippen LogP contribution in [0.4, 0.5) is 13.2 Å². The first-order valence-corrected chi connectivity index (χ1v) is 4.69. The van der Waals surface area contributed by atoms with Crippen LogP contribution in [0.15, 0.2) is 0 Å². The van der Waals surface area contributed by atoms with Gasteiger partial charge >= 0.3 is 6.18 Å². The van der Waals surface area contributed by atoms with Gasteiger partial charge < -0.3 is 5.11 Å². The monoisotopic (exact) mass is 213 g/mol. The van der Waals surface area contributed by atoms with Crippen LogP contribution in [0.3, 0.4) is 0 Å². The van der Waals surface area contributed by atoms with Gasteiger partial charge in [-0.25, -0.2) is 0 Å². The van der Waals surface area contributed by atoms with Gasteiger partial charge in [0.15, 0.2) is 0 Å². The van der Waals surface area contributed by atoms with Crippen molar-refractivity contribution >= 4 is 0 Å². The Morgan fingerprint density at radius 2 is 1.86 bits per heavy atom. The molecule has 2 atom stereocenters. The Hall–Kier alpha value is -0.290. The van der Waals surface area contributed by atoms with Crippen LogP contribution in [0.1, 0.15) is 20.3 Å². The molecule has 86 valence electrons. The van der Waals surface area contributed by atoms with E-state index in [2.05, 4.69) is 0 Å². The molecule has 0 saturated heterocycles. The summed E-state index contributed by atoms with van der Waals surface area (Å²) in [5.74, 6) is 0.0330. The van der Waals surface area contributed by atoms with Crippen molar-refractivity contribution in [3.63, 3.8) is 0 Å². The molecule has 0 bridgehead atoms. The lowest BCUT2D eigenvalue weighted by molar-refractivity contribution is -0.146. The Morgan fingerprint density at radius 3 is 2.21 bits per heavy atom. The minimum Gasteiger partial charge on any atom is -0.392 e. The largest absolute Gasteiger partial charge is 0.401 e. The molecule has 0 aliphatic rings. The van der Waals surface area contributed by atoms with E-state index in [1.54, 1.807) is 0 Å². The van der Waals surface area contributed by atoms with Crippen LogP contribution >= 0.6 is 0 Å². The summed E-state index contributed by atoms with van der Waals surface area (Å²) in [4.78, 5) is 1.09. The Bertz CT molecular complexity index is 161. The van der Waals surface area contributed by atoms with Crippen LogP contribution in [0.2, 0.25) is 0 Å². The van der Waals surface area contributed by atoms with E-state index in [-0.39, 0.29) is 12.5 Å². The van der Waals surface area contributed by atoms with Gasteiger partial charge in [0, 0.05) is 6.54 Å². The standard InChI is InChI=1S/C9H18F3NO/c1-4-7(2)8(14)5-13(3)6-9(10,11)12/h7-8,14H,4-6H2,1-3H3. The second-order valence-corrected chi connectivity index (χ2v) is 3.76. The van der Waals surface area contributed by atoms with Crippen molar-refractivity contribution in [1.82, 2.24) is 4.90 Å². The molecule has 14 heavy (non-hydrogen) atoms. The molecule has 0 radical (unpaired) electrons. The van der Waals surface area contributed by atoms with Crippen molar-refractivity contribution in [3.05, 3.63) is 0 Å². The smallest absolute Gasteiger partial charge is 0.392 e. The van der Waals surface area contributed by atoms with Gasteiger partial charge in [0.25, 0.3) is 0 Å². The molecule has 0 aromatic heterocycles. The zero-order chi connectivity index (χ0) is 11.4. The Kier molecular flexibility index (Phi) is 5.44. The van der Waals surface area contributed by atoms with Crippen molar-refractivity contribution in [1.29, 1.82) is 0 Å². The number of halogens is 3. The fourth-order valence-electron chi connectivity index (χ4n) is 1.14. The van der Waals surface area contributed by atoms with Gasteiger partial charge in [-0.05, 0) is 13.0 Å². The van der Waals surface area contributed by atoms with E-state index in [1.165, 1.54) is 7.05 Å². The summed E-state index contributed by atoms with van der Waals surface area (Å²) in [5, 5.41) is 9.48. The van der Waals surface area contributed by atoms with Gasteiger partial charge in [0.2, 0.25) is 0 Å². The molecular weight excluding hydrogens is 195 g/mol. The second kappa shape index (κ2) is 5.56. The molecular formula is C9H18F3NO. The zero-order valence-corrected chi connectivity index (χ0v) is 8.80. The lowest BCUT2D eigenvalue weighted by Gasteiger charge is -2.24. The molecule has 0 aliphatic heterocycles. The predicted molar refractivity (Wildman–Crippen MR) is 49.0 cm³/mol. The maximum absolute atomic E-state index is 11.9. The van der Waals surface area contributed by atoms with Crippen molar-refractivity contribution in [3.8, 4) is 0 Å². The molecule has 5 heteroatoms. The lowest BCUT2D eigenvalue weighted by Crippen LogP contribution is -2.38. The van der Waals surface area contributed by atoms with E-state index in [0.717, 1.165) is 11.3 Å². The highest BCUT2D eigenvalue weighted by atomic mass is 19.4. The first-order valence-electron chi connectivity index (χ1n) is 4.69. The summed E-state index contributed by atoms with van der Waals surface area (Å²) in [6.45, 7) is 2.82. The number of hydrogen-bond donors (Lipinski definition) is 1. The Labute approximate surface area is 82.7 Å². The molecule has 0 aliphatic carbocycles. The first kappa shape index (κ1) is 13.7. The quantitative estimate of drug-likeness (QED) is 0.753. The number of rotatable bonds is 5. The van der Waals surface area contributed by atoms with Crippen LogP contribution in [0.5, 0.6) is 0 Å². The van der Waals surface area contributed by atoms with E-state index in [4.69, 9.17) is 0 Å². The highest BCUT2D eigenvalue weighted by molar-refractivity contribution is 4.68.